The molecule has 1 atom stereocenters. The van der Waals surface area contributed by atoms with E-state index in [2.05, 4.69) is 4.98 Å². The number of rotatable bonds is 3. The number of hydrogen-bond acceptors (Lipinski definition) is 6. The SMILES string of the molecule is Cc1cn2cc(C(=O)N3CCC[C@@H](S(=O)(=O)N4CCOCC4)C3)sc2n1. The van der Waals surface area contributed by atoms with Gasteiger partial charge in [0.1, 0.15) is 4.88 Å². The van der Waals surface area contributed by atoms with Crippen LogP contribution >= 0.6 is 11.3 Å². The zero-order valence-electron chi connectivity index (χ0n) is 14.6. The smallest absolute Gasteiger partial charge is 0.265 e. The number of thiazole rings is 1. The lowest BCUT2D eigenvalue weighted by atomic mass is 10.1. The van der Waals surface area contributed by atoms with E-state index in [-0.39, 0.29) is 12.5 Å². The number of ether oxygens (including phenoxy) is 1. The van der Waals surface area contributed by atoms with Gasteiger partial charge >= 0.3 is 0 Å². The van der Waals surface area contributed by atoms with Crippen LogP contribution < -0.4 is 0 Å². The van der Waals surface area contributed by atoms with Gasteiger partial charge in [-0.1, -0.05) is 11.3 Å². The van der Waals surface area contributed by atoms with E-state index in [0.29, 0.717) is 50.6 Å². The monoisotopic (exact) mass is 398 g/mol. The number of fused-ring (bicyclic) bond motifs is 1. The molecule has 26 heavy (non-hydrogen) atoms. The van der Waals surface area contributed by atoms with Crippen LogP contribution in [0.3, 0.4) is 0 Å². The van der Waals surface area contributed by atoms with Gasteiger partial charge in [-0.05, 0) is 19.8 Å². The first-order valence-corrected chi connectivity index (χ1v) is 11.1. The second-order valence-electron chi connectivity index (χ2n) is 6.74. The van der Waals surface area contributed by atoms with Gasteiger partial charge in [0.2, 0.25) is 10.0 Å². The molecule has 0 bridgehead atoms. The molecule has 0 unspecified atom stereocenters. The Morgan fingerprint density at radius 3 is 2.77 bits per heavy atom. The van der Waals surface area contributed by atoms with E-state index in [0.717, 1.165) is 10.7 Å². The molecular formula is C16H22N4O4S2. The van der Waals surface area contributed by atoms with Crippen LogP contribution in [0.4, 0.5) is 0 Å². The fourth-order valence-corrected chi connectivity index (χ4v) is 6.44. The Morgan fingerprint density at radius 1 is 1.27 bits per heavy atom. The lowest BCUT2D eigenvalue weighted by Gasteiger charge is -2.36. The van der Waals surface area contributed by atoms with Gasteiger partial charge in [0.25, 0.3) is 5.91 Å². The first-order chi connectivity index (χ1) is 12.4. The highest BCUT2D eigenvalue weighted by atomic mass is 32.2. The van der Waals surface area contributed by atoms with Crippen LogP contribution in [0, 0.1) is 6.92 Å². The minimum Gasteiger partial charge on any atom is -0.379 e. The van der Waals surface area contributed by atoms with Crippen molar-refractivity contribution in [1.82, 2.24) is 18.6 Å². The molecule has 0 aliphatic carbocycles. The summed E-state index contributed by atoms with van der Waals surface area (Å²) >= 11 is 1.34. The van der Waals surface area contributed by atoms with Gasteiger partial charge in [-0.3, -0.25) is 9.20 Å². The number of hydrogen-bond donors (Lipinski definition) is 0. The molecule has 10 heteroatoms. The zero-order valence-corrected chi connectivity index (χ0v) is 16.3. The van der Waals surface area contributed by atoms with Crippen LogP contribution in [0.2, 0.25) is 0 Å². The standard InChI is InChI=1S/C16H22N4O4S2/c1-12-9-19-11-14(25-16(19)17-12)15(21)18-4-2-3-13(10-18)26(22,23)20-5-7-24-8-6-20/h9,11,13H,2-8,10H2,1H3/t13-/m1/s1. The average molecular weight is 399 g/mol. The second kappa shape index (κ2) is 6.91. The van der Waals surface area contributed by atoms with Crippen LogP contribution in [-0.4, -0.2) is 77.6 Å². The number of piperidine rings is 1. The van der Waals surface area contributed by atoms with E-state index in [1.54, 1.807) is 11.1 Å². The summed E-state index contributed by atoms with van der Waals surface area (Å²) in [6.45, 7) is 4.41. The summed E-state index contributed by atoms with van der Waals surface area (Å²) in [5.41, 5.74) is 0.907. The normalized spacial score (nSPS) is 22.8. The highest BCUT2D eigenvalue weighted by Crippen LogP contribution is 2.25. The van der Waals surface area contributed by atoms with Crippen LogP contribution in [0.15, 0.2) is 12.4 Å². The number of imidazole rings is 1. The number of amides is 1. The molecule has 2 aliphatic heterocycles. The first-order valence-electron chi connectivity index (χ1n) is 8.76. The van der Waals surface area contributed by atoms with Crippen LogP contribution in [0.25, 0.3) is 4.96 Å². The minimum absolute atomic E-state index is 0.111. The third-order valence-corrected chi connectivity index (χ3v) is 8.20. The van der Waals surface area contributed by atoms with Crippen molar-refractivity contribution in [3.05, 3.63) is 23.0 Å². The summed E-state index contributed by atoms with van der Waals surface area (Å²) in [6.07, 6.45) is 4.95. The molecule has 0 spiro atoms. The van der Waals surface area contributed by atoms with Gasteiger partial charge < -0.3 is 9.64 Å². The summed E-state index contributed by atoms with van der Waals surface area (Å²) in [5.74, 6) is -0.111. The Balaban J connectivity index is 1.50. The summed E-state index contributed by atoms with van der Waals surface area (Å²) < 4.78 is 34.4. The number of nitrogens with zero attached hydrogens (tertiary/aromatic N) is 4. The molecule has 4 heterocycles. The third-order valence-electron chi connectivity index (χ3n) is 4.90. The number of aromatic nitrogens is 2. The second-order valence-corrected chi connectivity index (χ2v) is 9.96. The fourth-order valence-electron chi connectivity index (χ4n) is 3.55. The molecular weight excluding hydrogens is 376 g/mol. The fraction of sp³-hybridized carbons (Fsp3) is 0.625. The Labute approximate surface area is 156 Å². The third kappa shape index (κ3) is 3.26. The summed E-state index contributed by atoms with van der Waals surface area (Å²) in [6, 6.07) is 0. The van der Waals surface area contributed by atoms with Crippen LogP contribution in [0.1, 0.15) is 28.2 Å². The molecule has 4 rings (SSSR count). The van der Waals surface area contributed by atoms with E-state index in [1.165, 1.54) is 15.6 Å². The van der Waals surface area contributed by atoms with Gasteiger partial charge in [0.15, 0.2) is 4.96 Å². The van der Waals surface area contributed by atoms with Crippen molar-refractivity contribution in [1.29, 1.82) is 0 Å². The summed E-state index contributed by atoms with van der Waals surface area (Å²) in [4.78, 5) is 20.3. The van der Waals surface area contributed by atoms with E-state index in [4.69, 9.17) is 4.74 Å². The molecule has 0 aromatic carbocycles. The van der Waals surface area contributed by atoms with Gasteiger partial charge in [0, 0.05) is 38.6 Å². The van der Waals surface area contributed by atoms with Crippen molar-refractivity contribution in [3.63, 3.8) is 0 Å². The molecule has 1 amide bonds. The van der Waals surface area contributed by atoms with Gasteiger partial charge in [-0.25, -0.2) is 13.4 Å². The highest BCUT2D eigenvalue weighted by molar-refractivity contribution is 7.89. The lowest BCUT2D eigenvalue weighted by molar-refractivity contribution is 0.0688. The maximum Gasteiger partial charge on any atom is 0.265 e. The van der Waals surface area contributed by atoms with Crippen molar-refractivity contribution in [3.8, 4) is 0 Å². The number of likely N-dealkylation sites (tertiary alicyclic amines) is 1. The largest absolute Gasteiger partial charge is 0.379 e. The minimum atomic E-state index is -3.41. The lowest BCUT2D eigenvalue weighted by Crippen LogP contribution is -2.51. The van der Waals surface area contributed by atoms with Crippen molar-refractivity contribution in [2.75, 3.05) is 39.4 Å². The maximum atomic E-state index is 12.9. The number of carbonyl (C=O) groups is 1. The van der Waals surface area contributed by atoms with Gasteiger partial charge in [0.05, 0.1) is 24.2 Å². The quantitative estimate of drug-likeness (QED) is 0.769. The molecule has 8 nitrogen and oxygen atoms in total. The van der Waals surface area contributed by atoms with E-state index < -0.39 is 15.3 Å². The molecule has 2 saturated heterocycles. The Kier molecular flexibility index (Phi) is 4.76. The molecule has 2 aromatic heterocycles. The van der Waals surface area contributed by atoms with Crippen LogP contribution in [-0.2, 0) is 14.8 Å². The summed E-state index contributed by atoms with van der Waals surface area (Å²) in [7, 11) is -3.41. The van der Waals surface area contributed by atoms with Gasteiger partial charge in [-0.15, -0.1) is 0 Å². The predicted octanol–water partition coefficient (Wildman–Crippen LogP) is 0.971. The Morgan fingerprint density at radius 2 is 2.04 bits per heavy atom. The summed E-state index contributed by atoms with van der Waals surface area (Å²) in [5, 5.41) is -0.537. The highest BCUT2D eigenvalue weighted by Gasteiger charge is 2.37. The van der Waals surface area contributed by atoms with E-state index >= 15 is 0 Å². The van der Waals surface area contributed by atoms with E-state index in [1.807, 2.05) is 17.5 Å². The number of aryl methyl sites for hydroxylation is 1. The Bertz CT molecular complexity index is 882. The van der Waals surface area contributed by atoms with E-state index in [9.17, 15) is 13.2 Å². The van der Waals surface area contributed by atoms with Crippen molar-refractivity contribution < 1.29 is 17.9 Å². The van der Waals surface area contributed by atoms with Crippen molar-refractivity contribution >= 4 is 32.2 Å². The number of carbonyl (C=O) groups excluding carboxylic acids is 1. The molecule has 2 aromatic rings. The molecule has 142 valence electrons. The molecule has 0 radical (unpaired) electrons. The molecule has 0 saturated carbocycles. The van der Waals surface area contributed by atoms with Crippen molar-refractivity contribution in [2.24, 2.45) is 0 Å². The number of morpholine rings is 1. The Hall–Kier alpha value is -1.49. The van der Waals surface area contributed by atoms with Crippen molar-refractivity contribution in [2.45, 2.75) is 25.0 Å². The zero-order chi connectivity index (χ0) is 18.3. The average Bonchev–Trinajstić information content (AvgIpc) is 3.19. The van der Waals surface area contributed by atoms with Crippen LogP contribution in [0.5, 0.6) is 0 Å². The molecule has 2 aliphatic rings. The molecule has 2 fully saturated rings. The van der Waals surface area contributed by atoms with Gasteiger partial charge in [-0.2, -0.15) is 4.31 Å². The topological polar surface area (TPSA) is 84.2 Å². The predicted molar refractivity (Wildman–Crippen MR) is 98.0 cm³/mol. The number of sulfonamides is 1. The molecule has 0 N–H and O–H groups in total. The maximum absolute atomic E-state index is 12.9. The first kappa shape index (κ1) is 17.9.